The zero-order valence-corrected chi connectivity index (χ0v) is 63.9. The molecule has 7 atom stereocenters. The summed E-state index contributed by atoms with van der Waals surface area (Å²) in [5.41, 5.74) is 7.03. The number of nitrogens with one attached hydrogen (secondary N) is 7. The number of aliphatic carboxylic acids is 8. The van der Waals surface area contributed by atoms with Gasteiger partial charge in [-0.2, -0.15) is 0 Å². The molecule has 2 heterocycles. The van der Waals surface area contributed by atoms with Crippen LogP contribution in [0.3, 0.4) is 0 Å². The Morgan fingerprint density at radius 2 is 0.735 bits per heavy atom. The van der Waals surface area contributed by atoms with Crippen LogP contribution in [0.4, 0.5) is 0 Å². The highest BCUT2D eigenvalue weighted by Crippen LogP contribution is 2.18. The van der Waals surface area contributed by atoms with Gasteiger partial charge in [-0.05, 0) is 60.4 Å². The lowest BCUT2D eigenvalue weighted by molar-refractivity contribution is -0.145. The number of phenolic OH excluding ortho intramolecular Hbond substituents is 1. The first-order valence-corrected chi connectivity index (χ1v) is 37.2. The van der Waals surface area contributed by atoms with E-state index in [4.69, 9.17) is 5.73 Å². The molecule has 0 saturated carbocycles. The molecule has 0 aliphatic carbocycles. The maximum absolute atomic E-state index is 14.3. The van der Waals surface area contributed by atoms with Gasteiger partial charge in [0, 0.05) is 157 Å². The summed E-state index contributed by atoms with van der Waals surface area (Å²) >= 11 is 0. The predicted molar refractivity (Wildman–Crippen MR) is 400 cm³/mol. The van der Waals surface area contributed by atoms with E-state index in [0.717, 1.165) is 0 Å². The van der Waals surface area contributed by atoms with Crippen LogP contribution in [0.15, 0.2) is 48.5 Å². The average Bonchev–Trinajstić information content (AvgIpc) is 0.855. The van der Waals surface area contributed by atoms with Crippen molar-refractivity contribution in [1.82, 2.24) is 76.4 Å². The van der Waals surface area contributed by atoms with Gasteiger partial charge in [-0.1, -0.05) is 56.7 Å². The summed E-state index contributed by atoms with van der Waals surface area (Å²) in [6.45, 7) is 1.18. The summed E-state index contributed by atoms with van der Waals surface area (Å²) in [6, 6.07) is 4.31. The Morgan fingerprint density at radius 1 is 0.389 bits per heavy atom. The molecule has 41 heteroatoms. The molecular formula is C72H110N16O25. The van der Waals surface area contributed by atoms with Gasteiger partial charge < -0.3 is 88.9 Å². The molecule has 2 fully saturated rings. The first kappa shape index (κ1) is 94.8. The van der Waals surface area contributed by atoms with Crippen LogP contribution in [-0.2, 0) is 96.2 Å². The van der Waals surface area contributed by atoms with E-state index >= 15 is 0 Å². The van der Waals surface area contributed by atoms with Gasteiger partial charge >= 0.3 is 47.8 Å². The zero-order valence-electron chi connectivity index (χ0n) is 63.9. The van der Waals surface area contributed by atoms with Crippen molar-refractivity contribution in [2.24, 2.45) is 11.7 Å². The van der Waals surface area contributed by atoms with Crippen molar-refractivity contribution in [1.29, 1.82) is 0 Å². The van der Waals surface area contributed by atoms with Crippen LogP contribution in [0, 0.1) is 5.92 Å². The van der Waals surface area contributed by atoms with Crippen LogP contribution in [0.2, 0.25) is 0 Å². The number of carbonyl (C=O) groups is 16. The highest BCUT2D eigenvalue weighted by molar-refractivity contribution is 5.95. The van der Waals surface area contributed by atoms with Gasteiger partial charge in [-0.15, -0.1) is 0 Å². The third-order valence-corrected chi connectivity index (χ3v) is 19.2. The number of primary amides is 1. The molecule has 113 heavy (non-hydrogen) atoms. The fourth-order valence-electron chi connectivity index (χ4n) is 12.8. The van der Waals surface area contributed by atoms with E-state index in [0.29, 0.717) is 23.1 Å². The maximum atomic E-state index is 14.3. The van der Waals surface area contributed by atoms with E-state index in [1.54, 1.807) is 50.2 Å². The third kappa shape index (κ3) is 38.0. The second-order valence-electron chi connectivity index (χ2n) is 27.9. The number of carbonyl (C=O) groups excluding carboxylic acids is 8. The topological polar surface area (TPSA) is 591 Å². The molecule has 2 aromatic carbocycles. The van der Waals surface area contributed by atoms with Crippen LogP contribution in [-0.4, -0.2) is 367 Å². The fraction of sp³-hybridized carbons (Fsp3) is 0.611. The van der Waals surface area contributed by atoms with Gasteiger partial charge in [0.25, 0.3) is 0 Å². The Labute approximate surface area is 652 Å². The molecule has 3 unspecified atom stereocenters. The Bertz CT molecular complexity index is 3480. The van der Waals surface area contributed by atoms with Crippen molar-refractivity contribution in [2.75, 3.05) is 151 Å². The Balaban J connectivity index is 1.56. The fourth-order valence-corrected chi connectivity index (χ4v) is 12.8. The van der Waals surface area contributed by atoms with Gasteiger partial charge in [-0.3, -0.25) is 116 Å². The lowest BCUT2D eigenvalue weighted by atomic mass is 9.96. The summed E-state index contributed by atoms with van der Waals surface area (Å²) in [6.07, 6.45) is -2.21. The van der Waals surface area contributed by atoms with Crippen LogP contribution in [0.5, 0.6) is 5.75 Å². The summed E-state index contributed by atoms with van der Waals surface area (Å²) in [4.78, 5) is 217. The molecule has 41 nitrogen and oxygen atoms in total. The van der Waals surface area contributed by atoms with Crippen molar-refractivity contribution in [2.45, 2.75) is 128 Å². The largest absolute Gasteiger partial charge is 0.508 e. The maximum Gasteiger partial charge on any atom is 0.320 e. The highest BCUT2D eigenvalue weighted by atomic mass is 16.4. The minimum absolute atomic E-state index is 0.00369. The molecule has 8 amide bonds. The predicted octanol–water partition coefficient (Wildman–Crippen LogP) is -4.94. The number of nitrogens with two attached hydrogens (primary N) is 1. The first-order valence-electron chi connectivity index (χ1n) is 37.2. The molecule has 18 N–H and O–H groups in total. The summed E-state index contributed by atoms with van der Waals surface area (Å²) in [5, 5.41) is 108. The molecule has 0 bridgehead atoms. The normalized spacial score (nSPS) is 17.3. The Kier molecular flexibility index (Phi) is 41.7. The van der Waals surface area contributed by atoms with E-state index < -0.39 is 196 Å². The summed E-state index contributed by atoms with van der Waals surface area (Å²) < 4.78 is 0. The van der Waals surface area contributed by atoms with Crippen molar-refractivity contribution in [3.05, 3.63) is 65.2 Å². The van der Waals surface area contributed by atoms with Crippen LogP contribution >= 0.6 is 0 Å². The quantitative estimate of drug-likeness (QED) is 0.0296. The summed E-state index contributed by atoms with van der Waals surface area (Å²) in [5.74, 6) is -16.4. The van der Waals surface area contributed by atoms with E-state index in [9.17, 15) is 123 Å². The van der Waals surface area contributed by atoms with E-state index in [1.165, 1.54) is 58.3 Å². The number of carboxylic acids is 8. The molecule has 2 aliphatic heterocycles. The van der Waals surface area contributed by atoms with Crippen LogP contribution in [0.1, 0.15) is 88.8 Å². The SMILES string of the molecule is CC[C@@H](C)C(NC(=O)[C@H](Cc1ccc(O)cc1)NC(C)=O)C(=O)N[C@@H](CCC(N)=O)C(=O)NCc1ccc(CNC(=O)[C@H](CCNC(=O)CCC(C(=O)O)N2CCN(CC(=O)O)CCN(CC(=O)O)CCN(CC(=O)O)CC2)NC(=O)CCC(C(=O)O)N2CCN(CC(=O)O)CCN(CC(=O)O)CCN(CC(=O)O)CC2)cc1. The van der Waals surface area contributed by atoms with Gasteiger partial charge in [0.15, 0.2) is 0 Å². The van der Waals surface area contributed by atoms with Crippen molar-refractivity contribution >= 4 is 95.0 Å². The van der Waals surface area contributed by atoms with Gasteiger partial charge in [0.2, 0.25) is 47.3 Å². The molecule has 628 valence electrons. The number of amides is 8. The monoisotopic (exact) mass is 1600 g/mol. The Hall–Kier alpha value is -10.6. The molecule has 0 radical (unpaired) electrons. The number of aromatic hydroxyl groups is 1. The molecule has 4 rings (SSSR count). The summed E-state index contributed by atoms with van der Waals surface area (Å²) in [7, 11) is 0. The smallest absolute Gasteiger partial charge is 0.320 e. The van der Waals surface area contributed by atoms with Crippen molar-refractivity contribution in [3.63, 3.8) is 0 Å². The molecule has 2 aliphatic rings. The lowest BCUT2D eigenvalue weighted by Gasteiger charge is -2.35. The number of phenols is 1. The van der Waals surface area contributed by atoms with Gasteiger partial charge in [0.1, 0.15) is 42.0 Å². The molecular weight excluding hydrogens is 1490 g/mol. The van der Waals surface area contributed by atoms with Crippen LogP contribution in [0.25, 0.3) is 0 Å². The van der Waals surface area contributed by atoms with Crippen LogP contribution < -0.4 is 43.0 Å². The second kappa shape index (κ2) is 49.7. The minimum atomic E-state index is -1.46. The number of benzene rings is 2. The molecule has 2 aromatic rings. The number of hydrogen-bond acceptors (Lipinski definition) is 25. The minimum Gasteiger partial charge on any atom is -0.508 e. The molecule has 0 spiro atoms. The van der Waals surface area contributed by atoms with E-state index in [2.05, 4.69) is 37.2 Å². The number of carboxylic acid groups (broad SMARTS) is 8. The highest BCUT2D eigenvalue weighted by Gasteiger charge is 2.35. The number of rotatable bonds is 44. The van der Waals surface area contributed by atoms with Crippen molar-refractivity contribution < 1.29 is 123 Å². The number of hydrogen-bond donors (Lipinski definition) is 17. The first-order chi connectivity index (χ1) is 53.5. The van der Waals surface area contributed by atoms with Gasteiger partial charge in [0.05, 0.1) is 39.3 Å². The zero-order chi connectivity index (χ0) is 83.9. The molecule has 0 aromatic heterocycles. The number of nitrogens with zero attached hydrogens (tertiary/aromatic N) is 8. The van der Waals surface area contributed by atoms with Gasteiger partial charge in [-0.25, -0.2) is 0 Å². The standard InChI is InChI=1S/C72H110N16O25/c1-4-46(2)66(80-69(108)54(77-47(3)89)37-48-9-11-51(90)12-10-48)70(109)79-52(13-16-57(73)91)67(106)75-38-49-5-7-50(8-6-49)39-76-68(107)53(78-59(93)18-15-56(72(112)113)88-35-31-85(44-64(102)103)27-23-82(41-61(96)97)24-28-86(32-36-88)45-65(104)105)19-20-74-58(92)17-14-55(71(110)111)87-33-29-83(42-62(98)99)25-21-81(40-60(94)95)22-26-84(30-34-87)43-63(100)101/h5-12,46,52-56,66,90H,4,13-45H2,1-3H3,(H2,73,91)(H,74,92)(H,75,106)(H,76,107)(H,77,89)(H,78,93)(H,79,109)(H,80,108)(H,94,95)(H,96,97)(H,98,99)(H,100,101)(H,102,103)(H,104,105)(H,110,111)(H,112,113)/t46-,52+,53+,54+,55?,56?,66?/m1/s1. The third-order valence-electron chi connectivity index (χ3n) is 19.2. The average molecular weight is 1600 g/mol. The van der Waals surface area contributed by atoms with Crippen molar-refractivity contribution in [3.8, 4) is 5.75 Å². The lowest BCUT2D eigenvalue weighted by Crippen LogP contribution is -2.58. The molecule has 2 saturated heterocycles. The Morgan fingerprint density at radius 3 is 1.07 bits per heavy atom. The second-order valence-corrected chi connectivity index (χ2v) is 27.9. The van der Waals surface area contributed by atoms with E-state index in [-0.39, 0.29) is 162 Å². The van der Waals surface area contributed by atoms with E-state index in [1.807, 2.05) is 0 Å².